The molecule has 4 nitrogen and oxygen atoms in total. The number of aliphatic hydroxyl groups excluding tert-OH is 1. The number of pyridine rings is 1. The maximum atomic E-state index is 12.0. The largest absolute Gasteiger partial charge is 0.484 e. The minimum Gasteiger partial charge on any atom is -0.484 e. The van der Waals surface area contributed by atoms with Crippen molar-refractivity contribution in [3.63, 3.8) is 0 Å². The second-order valence-corrected chi connectivity index (χ2v) is 4.61. The van der Waals surface area contributed by atoms with Gasteiger partial charge in [-0.15, -0.1) is 0 Å². The van der Waals surface area contributed by atoms with E-state index in [-0.39, 0.29) is 12.3 Å². The van der Waals surface area contributed by atoms with Gasteiger partial charge in [0.15, 0.2) is 6.61 Å². The van der Waals surface area contributed by atoms with E-state index in [4.69, 9.17) is 0 Å². The van der Waals surface area contributed by atoms with Crippen LogP contribution in [0.5, 0.6) is 5.75 Å². The fraction of sp³-hybridized carbons (Fsp3) is 0.267. The highest BCUT2D eigenvalue weighted by Gasteiger charge is 2.28. The molecule has 1 unspecified atom stereocenters. The Morgan fingerprint density at radius 2 is 1.73 bits per heavy atom. The van der Waals surface area contributed by atoms with Gasteiger partial charge in [0.25, 0.3) is 0 Å². The maximum Gasteiger partial charge on any atom is 0.422 e. The van der Waals surface area contributed by atoms with E-state index in [1.165, 1.54) is 24.3 Å². The molecule has 2 rings (SSSR count). The summed E-state index contributed by atoms with van der Waals surface area (Å²) < 4.78 is 40.7. The molecule has 0 aliphatic carbocycles. The lowest BCUT2D eigenvalue weighted by molar-refractivity contribution is -0.153. The number of halogens is 3. The Balaban J connectivity index is 1.86. The minimum absolute atomic E-state index is 0.107. The average molecular weight is 312 g/mol. The molecular formula is C15H15F3N2O2. The summed E-state index contributed by atoms with van der Waals surface area (Å²) >= 11 is 0. The van der Waals surface area contributed by atoms with Crippen molar-refractivity contribution >= 4 is 5.69 Å². The number of aliphatic hydroxyl groups is 1. The summed E-state index contributed by atoms with van der Waals surface area (Å²) in [6.07, 6.45) is -1.90. The zero-order valence-electron chi connectivity index (χ0n) is 11.5. The van der Waals surface area contributed by atoms with Crippen molar-refractivity contribution in [3.05, 3.63) is 54.4 Å². The minimum atomic E-state index is -4.37. The lowest BCUT2D eigenvalue weighted by Crippen LogP contribution is -2.19. The number of hydrogen-bond acceptors (Lipinski definition) is 4. The Morgan fingerprint density at radius 3 is 2.32 bits per heavy atom. The molecule has 0 saturated heterocycles. The third-order valence-electron chi connectivity index (χ3n) is 2.85. The van der Waals surface area contributed by atoms with E-state index in [0.29, 0.717) is 5.56 Å². The van der Waals surface area contributed by atoms with E-state index in [0.717, 1.165) is 5.69 Å². The molecule has 0 fully saturated rings. The summed E-state index contributed by atoms with van der Waals surface area (Å²) in [5.74, 6) is 0.107. The van der Waals surface area contributed by atoms with Crippen LogP contribution < -0.4 is 10.1 Å². The topological polar surface area (TPSA) is 54.4 Å². The summed E-state index contributed by atoms with van der Waals surface area (Å²) in [4.78, 5) is 3.88. The number of nitrogens with one attached hydrogen (secondary N) is 1. The molecule has 2 aromatic rings. The van der Waals surface area contributed by atoms with Crippen LogP contribution in [0.1, 0.15) is 11.7 Å². The highest BCUT2D eigenvalue weighted by molar-refractivity contribution is 5.41. The van der Waals surface area contributed by atoms with Gasteiger partial charge in [-0.1, -0.05) is 12.1 Å². The third kappa shape index (κ3) is 5.25. The van der Waals surface area contributed by atoms with Crippen LogP contribution in [0.25, 0.3) is 0 Å². The summed E-state index contributed by atoms with van der Waals surface area (Å²) in [5.41, 5.74) is 1.40. The molecule has 1 aromatic carbocycles. The molecule has 0 aliphatic heterocycles. The van der Waals surface area contributed by atoms with E-state index in [2.05, 4.69) is 15.0 Å². The SMILES string of the molecule is OC(CNc1ccncc1)c1ccc(OCC(F)(F)F)cc1. The first kappa shape index (κ1) is 16.1. The first-order valence-corrected chi connectivity index (χ1v) is 6.55. The second-order valence-electron chi connectivity index (χ2n) is 4.61. The Labute approximate surface area is 125 Å². The fourth-order valence-corrected chi connectivity index (χ4v) is 1.75. The molecule has 0 amide bonds. The average Bonchev–Trinajstić information content (AvgIpc) is 2.51. The van der Waals surface area contributed by atoms with Gasteiger partial charge in [0.05, 0.1) is 6.10 Å². The Hall–Kier alpha value is -2.28. The summed E-state index contributed by atoms with van der Waals surface area (Å²) in [7, 11) is 0. The van der Waals surface area contributed by atoms with Crippen LogP contribution >= 0.6 is 0 Å². The van der Waals surface area contributed by atoms with Gasteiger partial charge in [-0.05, 0) is 29.8 Å². The highest BCUT2D eigenvalue weighted by Crippen LogP contribution is 2.21. The van der Waals surface area contributed by atoms with Crippen LogP contribution in [0.3, 0.4) is 0 Å². The monoisotopic (exact) mass is 312 g/mol. The molecule has 1 aromatic heterocycles. The Morgan fingerprint density at radius 1 is 1.09 bits per heavy atom. The van der Waals surface area contributed by atoms with Gasteiger partial charge in [0, 0.05) is 24.6 Å². The molecule has 118 valence electrons. The number of anilines is 1. The molecule has 0 spiro atoms. The van der Waals surface area contributed by atoms with Gasteiger partial charge in [-0.3, -0.25) is 4.98 Å². The number of ether oxygens (including phenoxy) is 1. The van der Waals surface area contributed by atoms with Gasteiger partial charge < -0.3 is 15.2 Å². The number of rotatable bonds is 6. The van der Waals surface area contributed by atoms with E-state index in [1.807, 2.05) is 0 Å². The van der Waals surface area contributed by atoms with Crippen LogP contribution in [-0.2, 0) is 0 Å². The van der Waals surface area contributed by atoms with Gasteiger partial charge in [0.2, 0.25) is 0 Å². The number of aromatic nitrogens is 1. The van der Waals surface area contributed by atoms with Crippen molar-refractivity contribution in [2.45, 2.75) is 12.3 Å². The number of nitrogens with zero attached hydrogens (tertiary/aromatic N) is 1. The van der Waals surface area contributed by atoms with Crippen molar-refractivity contribution < 1.29 is 23.0 Å². The molecule has 1 atom stereocenters. The van der Waals surface area contributed by atoms with Crippen LogP contribution in [0, 0.1) is 0 Å². The first-order chi connectivity index (χ1) is 10.4. The molecule has 22 heavy (non-hydrogen) atoms. The van der Waals surface area contributed by atoms with Crippen LogP contribution in [0.15, 0.2) is 48.8 Å². The summed E-state index contributed by atoms with van der Waals surface area (Å²) in [6, 6.07) is 9.39. The Bertz CT molecular complexity index is 574. The van der Waals surface area contributed by atoms with E-state index in [9.17, 15) is 18.3 Å². The smallest absolute Gasteiger partial charge is 0.422 e. The number of benzene rings is 1. The molecule has 0 saturated carbocycles. The maximum absolute atomic E-state index is 12.0. The number of alkyl halides is 3. The standard InChI is InChI=1S/C15H15F3N2O2/c16-15(17,18)10-22-13-3-1-11(2-4-13)14(21)9-20-12-5-7-19-8-6-12/h1-8,14,21H,9-10H2,(H,19,20). The lowest BCUT2D eigenvalue weighted by Gasteiger charge is -2.14. The fourth-order valence-electron chi connectivity index (χ4n) is 1.75. The molecule has 7 heteroatoms. The molecule has 0 aliphatic rings. The summed E-state index contributed by atoms with van der Waals surface area (Å²) in [5, 5.41) is 13.1. The van der Waals surface area contributed by atoms with E-state index in [1.54, 1.807) is 24.5 Å². The van der Waals surface area contributed by atoms with Gasteiger partial charge in [0.1, 0.15) is 5.75 Å². The molecule has 0 bridgehead atoms. The van der Waals surface area contributed by atoms with Crippen LogP contribution in [-0.4, -0.2) is 29.4 Å². The Kier molecular flexibility index (Phi) is 5.21. The van der Waals surface area contributed by atoms with Crippen molar-refractivity contribution in [3.8, 4) is 5.75 Å². The molecular weight excluding hydrogens is 297 g/mol. The van der Waals surface area contributed by atoms with Crippen LogP contribution in [0.4, 0.5) is 18.9 Å². The highest BCUT2D eigenvalue weighted by atomic mass is 19.4. The lowest BCUT2D eigenvalue weighted by atomic mass is 10.1. The van der Waals surface area contributed by atoms with Crippen molar-refractivity contribution in [2.75, 3.05) is 18.5 Å². The quantitative estimate of drug-likeness (QED) is 0.860. The summed E-state index contributed by atoms with van der Waals surface area (Å²) in [6.45, 7) is -1.06. The zero-order chi connectivity index (χ0) is 16.0. The van der Waals surface area contributed by atoms with Crippen molar-refractivity contribution in [2.24, 2.45) is 0 Å². The second kappa shape index (κ2) is 7.13. The van der Waals surface area contributed by atoms with E-state index < -0.39 is 18.9 Å². The van der Waals surface area contributed by atoms with E-state index >= 15 is 0 Å². The predicted molar refractivity (Wildman–Crippen MR) is 75.7 cm³/mol. The first-order valence-electron chi connectivity index (χ1n) is 6.55. The zero-order valence-corrected chi connectivity index (χ0v) is 11.5. The van der Waals surface area contributed by atoms with Crippen molar-refractivity contribution in [1.29, 1.82) is 0 Å². The molecule has 1 heterocycles. The normalized spacial score (nSPS) is 12.7. The van der Waals surface area contributed by atoms with Crippen molar-refractivity contribution in [1.82, 2.24) is 4.98 Å². The van der Waals surface area contributed by atoms with Gasteiger partial charge in [-0.2, -0.15) is 13.2 Å². The third-order valence-corrected chi connectivity index (χ3v) is 2.85. The van der Waals surface area contributed by atoms with Gasteiger partial charge >= 0.3 is 6.18 Å². The number of hydrogen-bond donors (Lipinski definition) is 2. The molecule has 2 N–H and O–H groups in total. The van der Waals surface area contributed by atoms with Gasteiger partial charge in [-0.25, -0.2) is 0 Å². The van der Waals surface area contributed by atoms with Crippen LogP contribution in [0.2, 0.25) is 0 Å². The predicted octanol–water partition coefficient (Wildman–Crippen LogP) is 3.17. The molecule has 0 radical (unpaired) electrons.